The molecule has 1 aromatic carbocycles. The van der Waals surface area contributed by atoms with Crippen LogP contribution < -0.4 is 11.1 Å². The Labute approximate surface area is 126 Å². The number of carbonyl (C=O) groups is 1. The SMILES string of the molecule is NC(=O)CNCC1CCN(C[C@H](O)c2ccccc2)CC1. The Morgan fingerprint density at radius 3 is 2.62 bits per heavy atom. The van der Waals surface area contributed by atoms with Gasteiger partial charge in [-0.2, -0.15) is 0 Å². The number of hydrogen-bond donors (Lipinski definition) is 3. The van der Waals surface area contributed by atoms with Gasteiger partial charge in [-0.15, -0.1) is 0 Å². The number of aliphatic hydroxyl groups is 1. The van der Waals surface area contributed by atoms with E-state index >= 15 is 0 Å². The average molecular weight is 291 g/mol. The van der Waals surface area contributed by atoms with Crippen molar-refractivity contribution in [2.75, 3.05) is 32.7 Å². The molecule has 1 aliphatic rings. The third-order valence-corrected chi connectivity index (χ3v) is 4.05. The zero-order valence-electron chi connectivity index (χ0n) is 12.4. The zero-order chi connectivity index (χ0) is 15.1. The highest BCUT2D eigenvalue weighted by Crippen LogP contribution is 2.20. The van der Waals surface area contributed by atoms with Gasteiger partial charge in [0, 0.05) is 6.54 Å². The molecule has 5 nitrogen and oxygen atoms in total. The Balaban J connectivity index is 1.68. The van der Waals surface area contributed by atoms with E-state index in [2.05, 4.69) is 10.2 Å². The quantitative estimate of drug-likeness (QED) is 0.684. The molecule has 1 heterocycles. The van der Waals surface area contributed by atoms with Crippen LogP contribution in [0.1, 0.15) is 24.5 Å². The highest BCUT2D eigenvalue weighted by atomic mass is 16.3. The minimum absolute atomic E-state index is 0.257. The normalized spacial score (nSPS) is 18.5. The summed E-state index contributed by atoms with van der Waals surface area (Å²) in [5, 5.41) is 13.3. The summed E-state index contributed by atoms with van der Waals surface area (Å²) in [7, 11) is 0. The maximum atomic E-state index is 10.7. The molecule has 1 saturated heterocycles. The van der Waals surface area contributed by atoms with Crippen LogP contribution in [-0.2, 0) is 4.79 Å². The molecule has 0 aromatic heterocycles. The van der Waals surface area contributed by atoms with Gasteiger partial charge in [-0.1, -0.05) is 30.3 Å². The number of benzene rings is 1. The first-order chi connectivity index (χ1) is 10.1. The Morgan fingerprint density at radius 2 is 2.00 bits per heavy atom. The molecule has 116 valence electrons. The molecule has 0 saturated carbocycles. The predicted molar refractivity (Wildman–Crippen MR) is 82.6 cm³/mol. The van der Waals surface area contributed by atoms with E-state index in [-0.39, 0.29) is 12.5 Å². The van der Waals surface area contributed by atoms with Gasteiger partial charge in [-0.05, 0) is 44.0 Å². The van der Waals surface area contributed by atoms with Gasteiger partial charge < -0.3 is 21.1 Å². The standard InChI is InChI=1S/C16H25N3O2/c17-16(21)11-18-10-13-6-8-19(9-7-13)12-15(20)14-4-2-1-3-5-14/h1-5,13,15,18,20H,6-12H2,(H2,17,21)/t15-/m0/s1. The molecule has 0 unspecified atom stereocenters. The Morgan fingerprint density at radius 1 is 1.33 bits per heavy atom. The van der Waals surface area contributed by atoms with Gasteiger partial charge in [0.05, 0.1) is 12.6 Å². The number of nitrogens with one attached hydrogen (secondary N) is 1. The number of likely N-dealkylation sites (tertiary alicyclic amines) is 1. The maximum Gasteiger partial charge on any atom is 0.231 e. The van der Waals surface area contributed by atoms with Crippen molar-refractivity contribution in [2.24, 2.45) is 11.7 Å². The second-order valence-electron chi connectivity index (χ2n) is 5.77. The van der Waals surface area contributed by atoms with Crippen LogP contribution in [0.15, 0.2) is 30.3 Å². The number of β-amino-alcohol motifs (C(OH)–C–C–N with tert-alkyl or cyclic N) is 1. The minimum atomic E-state index is -0.421. The maximum absolute atomic E-state index is 10.7. The summed E-state index contributed by atoms with van der Waals surface area (Å²) in [6, 6.07) is 9.79. The minimum Gasteiger partial charge on any atom is -0.387 e. The Hall–Kier alpha value is -1.43. The summed E-state index contributed by atoms with van der Waals surface area (Å²) in [5.41, 5.74) is 6.08. The molecule has 0 radical (unpaired) electrons. The van der Waals surface area contributed by atoms with Crippen LogP contribution >= 0.6 is 0 Å². The second kappa shape index (κ2) is 8.12. The molecule has 1 atom stereocenters. The van der Waals surface area contributed by atoms with E-state index in [0.29, 0.717) is 12.5 Å². The average Bonchev–Trinajstić information content (AvgIpc) is 2.49. The number of rotatable bonds is 7. The molecule has 1 aromatic rings. The molecule has 1 amide bonds. The Bertz CT molecular complexity index is 430. The van der Waals surface area contributed by atoms with Crippen molar-refractivity contribution in [1.82, 2.24) is 10.2 Å². The largest absolute Gasteiger partial charge is 0.387 e. The highest BCUT2D eigenvalue weighted by molar-refractivity contribution is 5.75. The fourth-order valence-corrected chi connectivity index (χ4v) is 2.80. The van der Waals surface area contributed by atoms with Crippen molar-refractivity contribution < 1.29 is 9.90 Å². The number of nitrogens with two attached hydrogens (primary N) is 1. The van der Waals surface area contributed by atoms with Crippen LogP contribution in [0.4, 0.5) is 0 Å². The summed E-state index contributed by atoms with van der Waals surface area (Å²) in [4.78, 5) is 13.0. The van der Waals surface area contributed by atoms with Crippen LogP contribution in [0.3, 0.4) is 0 Å². The van der Waals surface area contributed by atoms with Crippen LogP contribution in [-0.4, -0.2) is 48.6 Å². The highest BCUT2D eigenvalue weighted by Gasteiger charge is 2.21. The lowest BCUT2D eigenvalue weighted by molar-refractivity contribution is -0.117. The van der Waals surface area contributed by atoms with E-state index in [4.69, 9.17) is 5.73 Å². The second-order valence-corrected chi connectivity index (χ2v) is 5.77. The van der Waals surface area contributed by atoms with Gasteiger partial charge in [0.15, 0.2) is 0 Å². The van der Waals surface area contributed by atoms with E-state index < -0.39 is 6.10 Å². The van der Waals surface area contributed by atoms with Gasteiger partial charge in [-0.3, -0.25) is 4.79 Å². The Kier molecular flexibility index (Phi) is 6.17. The lowest BCUT2D eigenvalue weighted by Gasteiger charge is -2.33. The zero-order valence-corrected chi connectivity index (χ0v) is 12.4. The molecule has 1 fully saturated rings. The molecule has 0 aliphatic carbocycles. The van der Waals surface area contributed by atoms with Gasteiger partial charge >= 0.3 is 0 Å². The molecule has 1 aliphatic heterocycles. The van der Waals surface area contributed by atoms with Gasteiger partial charge in [0.25, 0.3) is 0 Å². The van der Waals surface area contributed by atoms with Gasteiger partial charge in [-0.25, -0.2) is 0 Å². The number of primary amides is 1. The van der Waals surface area contributed by atoms with Crippen molar-refractivity contribution in [2.45, 2.75) is 18.9 Å². The monoisotopic (exact) mass is 291 g/mol. The van der Waals surface area contributed by atoms with E-state index in [1.807, 2.05) is 30.3 Å². The number of amides is 1. The van der Waals surface area contributed by atoms with E-state index in [0.717, 1.165) is 38.0 Å². The number of carbonyl (C=O) groups excluding carboxylic acids is 1. The lowest BCUT2D eigenvalue weighted by Crippen LogP contribution is -2.40. The molecule has 0 spiro atoms. The van der Waals surface area contributed by atoms with Gasteiger partial charge in [0.2, 0.25) is 5.91 Å². The smallest absolute Gasteiger partial charge is 0.231 e. The third kappa shape index (κ3) is 5.46. The van der Waals surface area contributed by atoms with Crippen molar-refractivity contribution >= 4 is 5.91 Å². The van der Waals surface area contributed by atoms with Crippen molar-refractivity contribution in [3.63, 3.8) is 0 Å². The summed E-state index contributed by atoms with van der Waals surface area (Å²) >= 11 is 0. The van der Waals surface area contributed by atoms with Crippen molar-refractivity contribution in [3.8, 4) is 0 Å². The number of nitrogens with zero attached hydrogens (tertiary/aromatic N) is 1. The van der Waals surface area contributed by atoms with Gasteiger partial charge in [0.1, 0.15) is 0 Å². The first kappa shape index (κ1) is 15.9. The van der Waals surface area contributed by atoms with Crippen LogP contribution in [0.25, 0.3) is 0 Å². The summed E-state index contributed by atoms with van der Waals surface area (Å²) in [5.74, 6) is 0.285. The fourth-order valence-electron chi connectivity index (χ4n) is 2.80. The van der Waals surface area contributed by atoms with E-state index in [9.17, 15) is 9.90 Å². The first-order valence-electron chi connectivity index (χ1n) is 7.59. The lowest BCUT2D eigenvalue weighted by atomic mass is 9.96. The van der Waals surface area contributed by atoms with Crippen molar-refractivity contribution in [3.05, 3.63) is 35.9 Å². The summed E-state index contributed by atoms with van der Waals surface area (Å²) in [6.45, 7) is 3.77. The van der Waals surface area contributed by atoms with E-state index in [1.165, 1.54) is 0 Å². The topological polar surface area (TPSA) is 78.6 Å². The van der Waals surface area contributed by atoms with E-state index in [1.54, 1.807) is 0 Å². The molecular weight excluding hydrogens is 266 g/mol. The van der Waals surface area contributed by atoms with Crippen LogP contribution in [0.2, 0.25) is 0 Å². The van der Waals surface area contributed by atoms with Crippen LogP contribution in [0.5, 0.6) is 0 Å². The fraction of sp³-hybridized carbons (Fsp3) is 0.562. The van der Waals surface area contributed by atoms with Crippen molar-refractivity contribution in [1.29, 1.82) is 0 Å². The third-order valence-electron chi connectivity index (χ3n) is 4.05. The molecular formula is C16H25N3O2. The molecule has 21 heavy (non-hydrogen) atoms. The predicted octanol–water partition coefficient (Wildman–Crippen LogP) is 0.507. The number of piperidine rings is 1. The number of aliphatic hydroxyl groups excluding tert-OH is 1. The summed E-state index contributed by atoms with van der Waals surface area (Å²) < 4.78 is 0. The summed E-state index contributed by atoms with van der Waals surface area (Å²) in [6.07, 6.45) is 1.76. The molecule has 4 N–H and O–H groups in total. The molecule has 2 rings (SSSR count). The molecule has 5 heteroatoms. The van der Waals surface area contributed by atoms with Crippen LogP contribution in [0, 0.1) is 5.92 Å². The number of hydrogen-bond acceptors (Lipinski definition) is 4. The first-order valence-corrected chi connectivity index (χ1v) is 7.59. The molecule has 0 bridgehead atoms.